The van der Waals surface area contributed by atoms with Gasteiger partial charge < -0.3 is 15.4 Å². The van der Waals surface area contributed by atoms with E-state index in [4.69, 9.17) is 4.74 Å². The molecule has 2 N–H and O–H groups in total. The van der Waals surface area contributed by atoms with Crippen molar-refractivity contribution in [1.82, 2.24) is 0 Å². The molecule has 3 aromatic carbocycles. The normalized spacial score (nSPS) is 10.5. The molecule has 5 nitrogen and oxygen atoms in total. The van der Waals surface area contributed by atoms with E-state index in [2.05, 4.69) is 17.6 Å². The van der Waals surface area contributed by atoms with Crippen LogP contribution < -0.4 is 15.4 Å². The average molecular weight is 431 g/mol. The average Bonchev–Trinajstić information content (AvgIpc) is 2.80. The summed E-state index contributed by atoms with van der Waals surface area (Å²) in [6.45, 7) is 6.04. The van der Waals surface area contributed by atoms with Crippen molar-refractivity contribution in [2.24, 2.45) is 0 Å². The molecule has 0 aromatic heterocycles. The summed E-state index contributed by atoms with van der Waals surface area (Å²) in [5.41, 5.74) is 5.49. The maximum absolute atomic E-state index is 12.5. The molecule has 166 valence electrons. The van der Waals surface area contributed by atoms with Gasteiger partial charge in [-0.25, -0.2) is 0 Å². The number of unbranched alkanes of at least 4 members (excludes halogenated alkanes) is 1. The van der Waals surface area contributed by atoms with Gasteiger partial charge in [-0.1, -0.05) is 37.6 Å². The highest BCUT2D eigenvalue weighted by atomic mass is 16.5. The number of nitrogens with one attached hydrogen (secondary N) is 2. The molecule has 0 aliphatic carbocycles. The van der Waals surface area contributed by atoms with Gasteiger partial charge in [-0.15, -0.1) is 0 Å². The number of hydrogen-bond donors (Lipinski definition) is 2. The number of ether oxygens (including phenoxy) is 1. The quantitative estimate of drug-likeness (QED) is 0.443. The number of benzene rings is 3. The summed E-state index contributed by atoms with van der Waals surface area (Å²) in [5, 5.41) is 5.77. The maximum atomic E-state index is 12.5. The van der Waals surface area contributed by atoms with E-state index in [-0.39, 0.29) is 18.4 Å². The number of carbonyl (C=O) groups excluding carboxylic acids is 2. The minimum absolute atomic E-state index is 0.108. The standard InChI is InChI=1S/C27H30N2O3/c1-4-5-8-21-10-14-23(15-11-21)28-27(31)22-12-16-24(17-13-22)32-18-26(30)29-25-9-6-7-19(2)20(25)3/h6-7,9-17H,4-5,8,18H2,1-3H3,(H,28,31)(H,29,30). The van der Waals surface area contributed by atoms with Gasteiger partial charge in [-0.3, -0.25) is 9.59 Å². The SMILES string of the molecule is CCCCc1ccc(NC(=O)c2ccc(OCC(=O)Nc3cccc(C)c3C)cc2)cc1. The Balaban J connectivity index is 1.50. The summed E-state index contributed by atoms with van der Waals surface area (Å²) in [5.74, 6) is 0.103. The van der Waals surface area contributed by atoms with Gasteiger partial charge in [-0.2, -0.15) is 0 Å². The van der Waals surface area contributed by atoms with Gasteiger partial charge in [0.1, 0.15) is 5.75 Å². The Morgan fingerprint density at radius 3 is 2.28 bits per heavy atom. The Morgan fingerprint density at radius 2 is 1.59 bits per heavy atom. The van der Waals surface area contributed by atoms with Gasteiger partial charge >= 0.3 is 0 Å². The number of anilines is 2. The molecular weight excluding hydrogens is 400 g/mol. The first-order valence-electron chi connectivity index (χ1n) is 11.0. The predicted octanol–water partition coefficient (Wildman–Crippen LogP) is 5.92. The fourth-order valence-corrected chi connectivity index (χ4v) is 3.26. The summed E-state index contributed by atoms with van der Waals surface area (Å²) >= 11 is 0. The van der Waals surface area contributed by atoms with Gasteiger partial charge in [0, 0.05) is 16.9 Å². The zero-order valence-corrected chi connectivity index (χ0v) is 18.9. The number of hydrogen-bond acceptors (Lipinski definition) is 3. The highest BCUT2D eigenvalue weighted by Crippen LogP contribution is 2.19. The Bertz CT molecular complexity index is 1060. The molecule has 0 spiro atoms. The summed E-state index contributed by atoms with van der Waals surface area (Å²) in [4.78, 5) is 24.7. The van der Waals surface area contributed by atoms with Crippen molar-refractivity contribution in [3.63, 3.8) is 0 Å². The lowest BCUT2D eigenvalue weighted by Crippen LogP contribution is -2.20. The van der Waals surface area contributed by atoms with Crippen LogP contribution in [0.25, 0.3) is 0 Å². The fraction of sp³-hybridized carbons (Fsp3) is 0.259. The van der Waals surface area contributed by atoms with E-state index < -0.39 is 0 Å². The van der Waals surface area contributed by atoms with Crippen molar-refractivity contribution in [2.45, 2.75) is 40.0 Å². The van der Waals surface area contributed by atoms with Crippen molar-refractivity contribution in [3.8, 4) is 5.75 Å². The number of rotatable bonds is 9. The molecule has 0 aliphatic rings. The lowest BCUT2D eigenvalue weighted by Gasteiger charge is -2.11. The molecule has 0 fully saturated rings. The molecule has 3 rings (SSSR count). The van der Waals surface area contributed by atoms with Crippen molar-refractivity contribution in [3.05, 3.63) is 89.0 Å². The summed E-state index contributed by atoms with van der Waals surface area (Å²) in [6, 6.07) is 20.5. The number of aryl methyl sites for hydroxylation is 2. The third-order valence-electron chi connectivity index (χ3n) is 5.40. The molecule has 0 atom stereocenters. The van der Waals surface area contributed by atoms with Crippen LogP contribution in [0.4, 0.5) is 11.4 Å². The zero-order valence-electron chi connectivity index (χ0n) is 18.9. The van der Waals surface area contributed by atoms with Crippen LogP contribution in [0.3, 0.4) is 0 Å². The van der Waals surface area contributed by atoms with Gasteiger partial charge in [-0.05, 0) is 85.8 Å². The highest BCUT2D eigenvalue weighted by Gasteiger charge is 2.09. The van der Waals surface area contributed by atoms with E-state index in [1.807, 2.05) is 56.3 Å². The molecule has 0 bridgehead atoms. The first kappa shape index (κ1) is 23.1. The van der Waals surface area contributed by atoms with Crippen LogP contribution >= 0.6 is 0 Å². The monoisotopic (exact) mass is 430 g/mol. The summed E-state index contributed by atoms with van der Waals surface area (Å²) in [7, 11) is 0. The third kappa shape index (κ3) is 6.45. The van der Waals surface area contributed by atoms with Crippen LogP contribution in [0.5, 0.6) is 5.75 Å². The molecule has 0 saturated carbocycles. The lowest BCUT2D eigenvalue weighted by molar-refractivity contribution is -0.118. The lowest BCUT2D eigenvalue weighted by atomic mass is 10.1. The van der Waals surface area contributed by atoms with Crippen LogP contribution in [0.15, 0.2) is 66.7 Å². The minimum Gasteiger partial charge on any atom is -0.484 e. The Hall–Kier alpha value is -3.60. The van der Waals surface area contributed by atoms with Crippen molar-refractivity contribution in [2.75, 3.05) is 17.2 Å². The maximum Gasteiger partial charge on any atom is 0.262 e. The van der Waals surface area contributed by atoms with Gasteiger partial charge in [0.25, 0.3) is 11.8 Å². The van der Waals surface area contributed by atoms with Crippen LogP contribution in [0, 0.1) is 13.8 Å². The molecule has 5 heteroatoms. The van der Waals surface area contributed by atoms with E-state index in [1.54, 1.807) is 24.3 Å². The molecule has 32 heavy (non-hydrogen) atoms. The van der Waals surface area contributed by atoms with Gasteiger partial charge in [0.15, 0.2) is 6.61 Å². The van der Waals surface area contributed by atoms with E-state index in [0.29, 0.717) is 11.3 Å². The topological polar surface area (TPSA) is 67.4 Å². The van der Waals surface area contributed by atoms with E-state index in [9.17, 15) is 9.59 Å². The van der Waals surface area contributed by atoms with E-state index in [1.165, 1.54) is 5.56 Å². The predicted molar refractivity (Wildman–Crippen MR) is 129 cm³/mol. The van der Waals surface area contributed by atoms with Crippen molar-refractivity contribution >= 4 is 23.2 Å². The first-order chi connectivity index (χ1) is 15.5. The largest absolute Gasteiger partial charge is 0.484 e. The molecule has 0 heterocycles. The molecular formula is C27H30N2O3. The first-order valence-corrected chi connectivity index (χ1v) is 11.0. The molecule has 0 aliphatic heterocycles. The van der Waals surface area contributed by atoms with E-state index >= 15 is 0 Å². The Kier molecular flexibility index (Phi) is 8.03. The van der Waals surface area contributed by atoms with Crippen LogP contribution in [0.2, 0.25) is 0 Å². The Labute approximate surface area is 189 Å². The Morgan fingerprint density at radius 1 is 0.875 bits per heavy atom. The summed E-state index contributed by atoms with van der Waals surface area (Å²) < 4.78 is 5.56. The molecule has 0 unspecified atom stereocenters. The van der Waals surface area contributed by atoms with E-state index in [0.717, 1.165) is 41.8 Å². The molecule has 3 aromatic rings. The van der Waals surface area contributed by atoms with Gasteiger partial charge in [0.05, 0.1) is 0 Å². The van der Waals surface area contributed by atoms with Crippen molar-refractivity contribution < 1.29 is 14.3 Å². The van der Waals surface area contributed by atoms with Crippen LogP contribution in [0.1, 0.15) is 46.8 Å². The van der Waals surface area contributed by atoms with Crippen LogP contribution in [-0.2, 0) is 11.2 Å². The second-order valence-electron chi connectivity index (χ2n) is 7.86. The van der Waals surface area contributed by atoms with Crippen LogP contribution in [-0.4, -0.2) is 18.4 Å². The number of amides is 2. The molecule has 0 radical (unpaired) electrons. The fourth-order valence-electron chi connectivity index (χ4n) is 3.26. The highest BCUT2D eigenvalue weighted by molar-refractivity contribution is 6.04. The molecule has 0 saturated heterocycles. The second kappa shape index (κ2) is 11.1. The summed E-state index contributed by atoms with van der Waals surface area (Å²) in [6.07, 6.45) is 3.37. The molecule has 2 amide bonds. The third-order valence-corrected chi connectivity index (χ3v) is 5.40. The van der Waals surface area contributed by atoms with Crippen molar-refractivity contribution in [1.29, 1.82) is 0 Å². The minimum atomic E-state index is -0.233. The zero-order chi connectivity index (χ0) is 22.9. The number of carbonyl (C=O) groups is 2. The van der Waals surface area contributed by atoms with Gasteiger partial charge in [0.2, 0.25) is 0 Å². The second-order valence-corrected chi connectivity index (χ2v) is 7.86. The smallest absolute Gasteiger partial charge is 0.262 e.